The van der Waals surface area contributed by atoms with Crippen molar-refractivity contribution >= 4 is 60.8 Å². The van der Waals surface area contributed by atoms with Gasteiger partial charge in [-0.1, -0.05) is 22.0 Å². The van der Waals surface area contributed by atoms with Crippen LogP contribution >= 0.6 is 44.1 Å². The van der Waals surface area contributed by atoms with E-state index in [2.05, 4.69) is 42.5 Å². The predicted octanol–water partition coefficient (Wildman–Crippen LogP) is 4.72. The SMILES string of the molecule is Cc1ccc(NC(=S)NC(=O)COc2ccc(Br)cc2Br)cc1C. The van der Waals surface area contributed by atoms with Crippen LogP contribution in [0.1, 0.15) is 11.1 Å². The maximum Gasteiger partial charge on any atom is 0.264 e. The largest absolute Gasteiger partial charge is 0.483 e. The van der Waals surface area contributed by atoms with Crippen LogP contribution in [0.2, 0.25) is 0 Å². The summed E-state index contributed by atoms with van der Waals surface area (Å²) in [6, 6.07) is 11.3. The van der Waals surface area contributed by atoms with Gasteiger partial charge in [0.2, 0.25) is 0 Å². The van der Waals surface area contributed by atoms with Crippen molar-refractivity contribution in [2.75, 3.05) is 11.9 Å². The molecule has 0 heterocycles. The number of hydrogen-bond donors (Lipinski definition) is 2. The van der Waals surface area contributed by atoms with Gasteiger partial charge < -0.3 is 10.1 Å². The lowest BCUT2D eigenvalue weighted by Crippen LogP contribution is -2.37. The highest BCUT2D eigenvalue weighted by Crippen LogP contribution is 2.28. The Balaban J connectivity index is 1.85. The summed E-state index contributed by atoms with van der Waals surface area (Å²) in [6.07, 6.45) is 0. The Hall–Kier alpha value is -1.44. The molecule has 0 bridgehead atoms. The number of amides is 1. The molecule has 7 heteroatoms. The molecule has 1 amide bonds. The standard InChI is InChI=1S/C17H16Br2N2O2S/c1-10-3-5-13(7-11(10)2)20-17(24)21-16(22)9-23-15-6-4-12(18)8-14(15)19/h3-8H,9H2,1-2H3,(H2,20,21,22,24). The lowest BCUT2D eigenvalue weighted by atomic mass is 10.1. The van der Waals surface area contributed by atoms with Crippen LogP contribution < -0.4 is 15.4 Å². The van der Waals surface area contributed by atoms with Crippen LogP contribution in [0.15, 0.2) is 45.3 Å². The van der Waals surface area contributed by atoms with Crippen LogP contribution in [0, 0.1) is 13.8 Å². The number of nitrogens with one attached hydrogen (secondary N) is 2. The van der Waals surface area contributed by atoms with Gasteiger partial charge in [-0.3, -0.25) is 10.1 Å². The number of thiocarbonyl (C=S) groups is 1. The van der Waals surface area contributed by atoms with E-state index in [4.69, 9.17) is 17.0 Å². The first-order chi connectivity index (χ1) is 11.3. The molecule has 0 aliphatic heterocycles. The Morgan fingerprint density at radius 3 is 2.54 bits per heavy atom. The van der Waals surface area contributed by atoms with Gasteiger partial charge in [-0.25, -0.2) is 0 Å². The first kappa shape index (κ1) is 18.9. The first-order valence-electron chi connectivity index (χ1n) is 7.11. The number of ether oxygens (including phenoxy) is 1. The molecule has 0 fully saturated rings. The highest BCUT2D eigenvalue weighted by atomic mass is 79.9. The van der Waals surface area contributed by atoms with Crippen molar-refractivity contribution in [3.63, 3.8) is 0 Å². The summed E-state index contributed by atoms with van der Waals surface area (Å²) in [7, 11) is 0. The smallest absolute Gasteiger partial charge is 0.264 e. The van der Waals surface area contributed by atoms with Gasteiger partial charge in [0, 0.05) is 10.2 Å². The minimum Gasteiger partial charge on any atom is -0.483 e. The molecule has 0 saturated heterocycles. The summed E-state index contributed by atoms with van der Waals surface area (Å²) in [5, 5.41) is 5.82. The van der Waals surface area contributed by atoms with E-state index in [0.717, 1.165) is 20.2 Å². The first-order valence-corrected chi connectivity index (χ1v) is 9.10. The quantitative estimate of drug-likeness (QED) is 0.633. The summed E-state index contributed by atoms with van der Waals surface area (Å²) in [5.41, 5.74) is 3.18. The Kier molecular flexibility index (Phi) is 6.77. The van der Waals surface area contributed by atoms with E-state index in [1.54, 1.807) is 6.07 Å². The van der Waals surface area contributed by atoms with Crippen LogP contribution in [-0.4, -0.2) is 17.6 Å². The van der Waals surface area contributed by atoms with Gasteiger partial charge in [0.05, 0.1) is 4.47 Å². The normalized spacial score (nSPS) is 10.2. The highest BCUT2D eigenvalue weighted by molar-refractivity contribution is 9.11. The second-order valence-corrected chi connectivity index (χ2v) is 7.34. The van der Waals surface area contributed by atoms with Crippen molar-refractivity contribution in [3.8, 4) is 5.75 Å². The average Bonchev–Trinajstić information content (AvgIpc) is 2.50. The van der Waals surface area contributed by atoms with E-state index in [-0.39, 0.29) is 17.6 Å². The Labute approximate surface area is 163 Å². The molecule has 0 aliphatic rings. The van der Waals surface area contributed by atoms with E-state index in [0.29, 0.717) is 5.75 Å². The fourth-order valence-corrected chi connectivity index (χ4v) is 3.27. The van der Waals surface area contributed by atoms with Crippen LogP contribution in [0.25, 0.3) is 0 Å². The Bertz CT molecular complexity index is 781. The molecular weight excluding hydrogens is 456 g/mol. The van der Waals surface area contributed by atoms with Crippen molar-refractivity contribution in [2.45, 2.75) is 13.8 Å². The molecule has 2 aromatic rings. The number of aryl methyl sites for hydroxylation is 2. The molecule has 0 spiro atoms. The predicted molar refractivity (Wildman–Crippen MR) is 108 cm³/mol. The molecule has 24 heavy (non-hydrogen) atoms. The molecule has 2 rings (SSSR count). The number of anilines is 1. The molecule has 0 unspecified atom stereocenters. The van der Waals surface area contributed by atoms with E-state index < -0.39 is 0 Å². The molecule has 0 aliphatic carbocycles. The fourth-order valence-electron chi connectivity index (χ4n) is 1.88. The lowest BCUT2D eigenvalue weighted by molar-refractivity contribution is -0.121. The maximum absolute atomic E-state index is 11.9. The van der Waals surface area contributed by atoms with Crippen molar-refractivity contribution in [1.29, 1.82) is 0 Å². The average molecular weight is 472 g/mol. The second-order valence-electron chi connectivity index (χ2n) is 5.16. The zero-order valence-corrected chi connectivity index (χ0v) is 17.1. The monoisotopic (exact) mass is 470 g/mol. The topological polar surface area (TPSA) is 50.4 Å². The number of benzene rings is 2. The second kappa shape index (κ2) is 8.60. The molecular formula is C17H16Br2N2O2S. The van der Waals surface area contributed by atoms with E-state index in [1.807, 2.05) is 44.2 Å². The molecule has 0 radical (unpaired) electrons. The van der Waals surface area contributed by atoms with Gasteiger partial charge >= 0.3 is 0 Å². The third kappa shape index (κ3) is 5.58. The fraction of sp³-hybridized carbons (Fsp3) is 0.176. The zero-order chi connectivity index (χ0) is 17.7. The van der Waals surface area contributed by atoms with E-state index in [9.17, 15) is 4.79 Å². The van der Waals surface area contributed by atoms with Crippen molar-refractivity contribution < 1.29 is 9.53 Å². The molecule has 0 atom stereocenters. The number of carbonyl (C=O) groups excluding carboxylic acids is 1. The summed E-state index contributed by atoms with van der Waals surface area (Å²) in [5.74, 6) is 0.257. The number of carbonyl (C=O) groups is 1. The third-order valence-corrected chi connectivity index (χ3v) is 4.59. The van der Waals surface area contributed by atoms with Gasteiger partial charge in [0.1, 0.15) is 5.75 Å². The third-order valence-electron chi connectivity index (χ3n) is 3.27. The molecule has 2 N–H and O–H groups in total. The number of rotatable bonds is 4. The highest BCUT2D eigenvalue weighted by Gasteiger charge is 2.08. The number of halogens is 2. The van der Waals surface area contributed by atoms with Crippen LogP contribution in [0.4, 0.5) is 5.69 Å². The van der Waals surface area contributed by atoms with Gasteiger partial charge in [0.15, 0.2) is 11.7 Å². The lowest BCUT2D eigenvalue weighted by Gasteiger charge is -2.12. The summed E-state index contributed by atoms with van der Waals surface area (Å²) in [4.78, 5) is 11.9. The van der Waals surface area contributed by atoms with E-state index >= 15 is 0 Å². The molecule has 0 aromatic heterocycles. The molecule has 2 aromatic carbocycles. The zero-order valence-electron chi connectivity index (χ0n) is 13.2. The van der Waals surface area contributed by atoms with Gasteiger partial charge in [-0.15, -0.1) is 0 Å². The molecule has 126 valence electrons. The van der Waals surface area contributed by atoms with Crippen molar-refractivity contribution in [1.82, 2.24) is 5.32 Å². The van der Waals surface area contributed by atoms with Gasteiger partial charge in [0.25, 0.3) is 5.91 Å². The van der Waals surface area contributed by atoms with E-state index in [1.165, 1.54) is 5.56 Å². The number of hydrogen-bond acceptors (Lipinski definition) is 3. The molecule has 4 nitrogen and oxygen atoms in total. The van der Waals surface area contributed by atoms with Crippen LogP contribution in [0.5, 0.6) is 5.75 Å². The minimum atomic E-state index is -0.328. The summed E-state index contributed by atoms with van der Waals surface area (Å²) in [6.45, 7) is 3.93. The minimum absolute atomic E-state index is 0.130. The summed E-state index contributed by atoms with van der Waals surface area (Å²) >= 11 is 11.9. The van der Waals surface area contributed by atoms with Gasteiger partial charge in [-0.2, -0.15) is 0 Å². The Morgan fingerprint density at radius 2 is 1.88 bits per heavy atom. The maximum atomic E-state index is 11.9. The van der Waals surface area contributed by atoms with Crippen molar-refractivity contribution in [2.24, 2.45) is 0 Å². The summed E-state index contributed by atoms with van der Waals surface area (Å²) < 4.78 is 7.16. The van der Waals surface area contributed by atoms with Gasteiger partial charge in [-0.05, 0) is 83.5 Å². The van der Waals surface area contributed by atoms with Crippen molar-refractivity contribution in [3.05, 3.63) is 56.5 Å². The van der Waals surface area contributed by atoms with Crippen LogP contribution in [-0.2, 0) is 4.79 Å². The Morgan fingerprint density at radius 1 is 1.12 bits per heavy atom. The molecule has 0 saturated carbocycles. The van der Waals surface area contributed by atoms with Crippen LogP contribution in [0.3, 0.4) is 0 Å².